The van der Waals surface area contributed by atoms with Crippen LogP contribution in [0.25, 0.3) is 11.8 Å². The van der Waals surface area contributed by atoms with Crippen LogP contribution in [0.15, 0.2) is 48.8 Å². The highest BCUT2D eigenvalue weighted by atomic mass is 16.2. The molecule has 0 bridgehead atoms. The highest BCUT2D eigenvalue weighted by Gasteiger charge is 1.99. The number of hydrogen-bond donors (Lipinski definition) is 2. The number of nitrogens with zero attached hydrogens (tertiary/aromatic N) is 2. The van der Waals surface area contributed by atoms with Gasteiger partial charge in [0.15, 0.2) is 0 Å². The summed E-state index contributed by atoms with van der Waals surface area (Å²) in [6, 6.07) is 9.73. The first-order valence-electron chi connectivity index (χ1n) is 6.95. The molecule has 2 rings (SSSR count). The van der Waals surface area contributed by atoms with Crippen LogP contribution in [-0.4, -0.2) is 34.7 Å². The zero-order valence-electron chi connectivity index (χ0n) is 12.3. The van der Waals surface area contributed by atoms with Gasteiger partial charge in [0.25, 0.3) is 0 Å². The molecule has 0 unspecified atom stereocenters. The Morgan fingerprint density at radius 3 is 2.64 bits per heavy atom. The summed E-state index contributed by atoms with van der Waals surface area (Å²) in [6.45, 7) is 2.25. The summed E-state index contributed by atoms with van der Waals surface area (Å²) >= 11 is 0. The fraction of sp³-hybridized carbons (Fsp3) is 0.188. The quantitative estimate of drug-likeness (QED) is 0.620. The molecule has 2 aromatic rings. The van der Waals surface area contributed by atoms with Gasteiger partial charge in [0.2, 0.25) is 11.8 Å². The second kappa shape index (κ2) is 7.78. The monoisotopic (exact) mass is 298 g/mol. The minimum absolute atomic E-state index is 0.113. The summed E-state index contributed by atoms with van der Waals surface area (Å²) in [5.41, 5.74) is 1.79. The van der Waals surface area contributed by atoms with Crippen molar-refractivity contribution in [2.75, 3.05) is 13.1 Å². The Bertz CT molecular complexity index is 662. The van der Waals surface area contributed by atoms with Gasteiger partial charge in [0.1, 0.15) is 0 Å². The molecule has 0 fully saturated rings. The van der Waals surface area contributed by atoms with Gasteiger partial charge in [-0.05, 0) is 18.2 Å². The molecule has 1 heterocycles. The molecule has 22 heavy (non-hydrogen) atoms. The highest BCUT2D eigenvalue weighted by molar-refractivity contribution is 5.91. The maximum atomic E-state index is 11.6. The van der Waals surface area contributed by atoms with Crippen LogP contribution in [-0.2, 0) is 9.59 Å². The van der Waals surface area contributed by atoms with Crippen LogP contribution in [0, 0.1) is 0 Å². The first-order chi connectivity index (χ1) is 10.6. The predicted molar refractivity (Wildman–Crippen MR) is 84.3 cm³/mol. The van der Waals surface area contributed by atoms with Crippen molar-refractivity contribution < 1.29 is 9.59 Å². The molecule has 0 spiro atoms. The third kappa shape index (κ3) is 4.90. The van der Waals surface area contributed by atoms with Crippen LogP contribution in [0.3, 0.4) is 0 Å². The van der Waals surface area contributed by atoms with E-state index in [1.807, 2.05) is 36.5 Å². The number of rotatable bonds is 6. The second-order valence-corrected chi connectivity index (χ2v) is 4.66. The molecule has 0 aliphatic heterocycles. The van der Waals surface area contributed by atoms with Crippen LogP contribution in [0.4, 0.5) is 0 Å². The second-order valence-electron chi connectivity index (χ2n) is 4.66. The maximum Gasteiger partial charge on any atom is 0.244 e. The summed E-state index contributed by atoms with van der Waals surface area (Å²) in [7, 11) is 0. The Labute approximate surface area is 128 Å². The molecule has 0 atom stereocenters. The third-order valence-corrected chi connectivity index (χ3v) is 2.85. The normalized spacial score (nSPS) is 10.6. The lowest BCUT2D eigenvalue weighted by molar-refractivity contribution is -0.119. The molecule has 0 aliphatic rings. The SMILES string of the molecule is CC(=O)NCCNC(=O)/C=C/c1cnn(-c2ccccc2)c1. The lowest BCUT2D eigenvalue weighted by atomic mass is 10.3. The number of carbonyl (C=O) groups is 2. The molecule has 6 nitrogen and oxygen atoms in total. The van der Waals surface area contributed by atoms with E-state index in [-0.39, 0.29) is 11.8 Å². The van der Waals surface area contributed by atoms with Crippen molar-refractivity contribution in [1.29, 1.82) is 0 Å². The number of carbonyl (C=O) groups excluding carboxylic acids is 2. The summed E-state index contributed by atoms with van der Waals surface area (Å²) < 4.78 is 1.74. The largest absolute Gasteiger partial charge is 0.355 e. The number of para-hydroxylation sites is 1. The first kappa shape index (κ1) is 15.5. The topological polar surface area (TPSA) is 76.0 Å². The number of hydrogen-bond acceptors (Lipinski definition) is 3. The van der Waals surface area contributed by atoms with Crippen molar-refractivity contribution in [3.8, 4) is 5.69 Å². The predicted octanol–water partition coefficient (Wildman–Crippen LogP) is 1.14. The molecule has 1 aromatic carbocycles. The van der Waals surface area contributed by atoms with Crippen molar-refractivity contribution in [3.63, 3.8) is 0 Å². The van der Waals surface area contributed by atoms with Gasteiger partial charge in [0, 0.05) is 37.8 Å². The maximum absolute atomic E-state index is 11.6. The van der Waals surface area contributed by atoms with Gasteiger partial charge in [-0.2, -0.15) is 5.10 Å². The van der Waals surface area contributed by atoms with E-state index in [9.17, 15) is 9.59 Å². The van der Waals surface area contributed by atoms with Gasteiger partial charge in [-0.3, -0.25) is 9.59 Å². The fourth-order valence-electron chi connectivity index (χ4n) is 1.80. The highest BCUT2D eigenvalue weighted by Crippen LogP contribution is 2.08. The first-order valence-corrected chi connectivity index (χ1v) is 6.95. The van der Waals surface area contributed by atoms with Gasteiger partial charge in [-0.1, -0.05) is 18.2 Å². The number of amides is 2. The molecule has 0 radical (unpaired) electrons. The zero-order valence-corrected chi connectivity index (χ0v) is 12.3. The van der Waals surface area contributed by atoms with Crippen LogP contribution in [0.5, 0.6) is 0 Å². The molecule has 0 saturated carbocycles. The van der Waals surface area contributed by atoms with E-state index in [4.69, 9.17) is 0 Å². The van der Waals surface area contributed by atoms with Gasteiger partial charge in [0.05, 0.1) is 11.9 Å². The average Bonchev–Trinajstić information content (AvgIpc) is 2.99. The van der Waals surface area contributed by atoms with Gasteiger partial charge >= 0.3 is 0 Å². The van der Waals surface area contributed by atoms with E-state index >= 15 is 0 Å². The van der Waals surface area contributed by atoms with Crippen LogP contribution >= 0.6 is 0 Å². The van der Waals surface area contributed by atoms with E-state index in [1.54, 1.807) is 17.0 Å². The summed E-state index contributed by atoms with van der Waals surface area (Å²) in [4.78, 5) is 22.3. The molecule has 114 valence electrons. The lowest BCUT2D eigenvalue weighted by Gasteiger charge is -2.02. The van der Waals surface area contributed by atoms with Crippen molar-refractivity contribution in [1.82, 2.24) is 20.4 Å². The smallest absolute Gasteiger partial charge is 0.244 e. The molecule has 6 heteroatoms. The van der Waals surface area contributed by atoms with Crippen molar-refractivity contribution in [2.45, 2.75) is 6.92 Å². The minimum atomic E-state index is -0.210. The average molecular weight is 298 g/mol. The summed E-state index contributed by atoms with van der Waals surface area (Å²) in [6.07, 6.45) is 6.67. The van der Waals surface area contributed by atoms with E-state index in [0.29, 0.717) is 13.1 Å². The third-order valence-electron chi connectivity index (χ3n) is 2.85. The van der Waals surface area contributed by atoms with E-state index in [2.05, 4.69) is 15.7 Å². The molecular formula is C16H18N4O2. The van der Waals surface area contributed by atoms with Crippen LogP contribution < -0.4 is 10.6 Å². The summed E-state index contributed by atoms with van der Waals surface area (Å²) in [5.74, 6) is -0.323. The molecule has 0 saturated heterocycles. The number of benzene rings is 1. The van der Waals surface area contributed by atoms with Gasteiger partial charge in [-0.15, -0.1) is 0 Å². The Balaban J connectivity index is 1.84. The Morgan fingerprint density at radius 1 is 1.18 bits per heavy atom. The lowest BCUT2D eigenvalue weighted by Crippen LogP contribution is -2.32. The zero-order chi connectivity index (χ0) is 15.8. The van der Waals surface area contributed by atoms with E-state index < -0.39 is 0 Å². The molecular weight excluding hydrogens is 280 g/mol. The van der Waals surface area contributed by atoms with Crippen molar-refractivity contribution in [3.05, 3.63) is 54.4 Å². The minimum Gasteiger partial charge on any atom is -0.355 e. The fourth-order valence-corrected chi connectivity index (χ4v) is 1.80. The Kier molecular flexibility index (Phi) is 5.48. The van der Waals surface area contributed by atoms with Crippen LogP contribution in [0.2, 0.25) is 0 Å². The van der Waals surface area contributed by atoms with E-state index in [1.165, 1.54) is 13.0 Å². The standard InChI is InChI=1S/C16H18N4O2/c1-13(21)17-9-10-18-16(22)8-7-14-11-19-20(12-14)15-5-3-2-4-6-15/h2-8,11-12H,9-10H2,1H3,(H,17,21)(H,18,22)/b8-7+. The summed E-state index contributed by atoms with van der Waals surface area (Å²) in [5, 5.41) is 9.53. The van der Waals surface area contributed by atoms with Crippen LogP contribution in [0.1, 0.15) is 12.5 Å². The molecule has 2 N–H and O–H groups in total. The van der Waals surface area contributed by atoms with E-state index in [0.717, 1.165) is 11.3 Å². The number of nitrogens with one attached hydrogen (secondary N) is 2. The Morgan fingerprint density at radius 2 is 1.91 bits per heavy atom. The Hall–Kier alpha value is -2.89. The van der Waals surface area contributed by atoms with Gasteiger partial charge in [-0.25, -0.2) is 4.68 Å². The van der Waals surface area contributed by atoms with Gasteiger partial charge < -0.3 is 10.6 Å². The molecule has 2 amide bonds. The van der Waals surface area contributed by atoms with Crippen molar-refractivity contribution >= 4 is 17.9 Å². The number of aromatic nitrogens is 2. The molecule has 1 aromatic heterocycles. The molecule has 0 aliphatic carbocycles. The van der Waals surface area contributed by atoms with Crippen molar-refractivity contribution in [2.24, 2.45) is 0 Å².